The van der Waals surface area contributed by atoms with Crippen LogP contribution in [0.3, 0.4) is 0 Å². The minimum absolute atomic E-state index is 0.701. The van der Waals surface area contributed by atoms with Gasteiger partial charge in [-0.1, -0.05) is 101 Å². The second kappa shape index (κ2) is 21.9. The van der Waals surface area contributed by atoms with E-state index >= 15 is 0 Å². The van der Waals surface area contributed by atoms with E-state index in [4.69, 9.17) is 19.4 Å². The van der Waals surface area contributed by atoms with Gasteiger partial charge < -0.3 is 9.47 Å². The summed E-state index contributed by atoms with van der Waals surface area (Å²) in [7, 11) is 0. The van der Waals surface area contributed by atoms with Crippen LogP contribution in [0.15, 0.2) is 122 Å². The van der Waals surface area contributed by atoms with Crippen LogP contribution in [0.2, 0.25) is 0 Å². The van der Waals surface area contributed by atoms with E-state index in [-0.39, 0.29) is 0 Å². The summed E-state index contributed by atoms with van der Waals surface area (Å²) in [5.74, 6) is 1.63. The average molecular weight is 721 g/mol. The summed E-state index contributed by atoms with van der Waals surface area (Å²) in [5.41, 5.74) is 6.49. The summed E-state index contributed by atoms with van der Waals surface area (Å²) >= 11 is 0. The number of ether oxygens (including phenoxy) is 2. The van der Waals surface area contributed by atoms with Crippen molar-refractivity contribution in [2.24, 2.45) is 0 Å². The lowest BCUT2D eigenvalue weighted by Crippen LogP contribution is -2.00. The van der Waals surface area contributed by atoms with Crippen LogP contribution in [0.25, 0.3) is 45.6 Å². The van der Waals surface area contributed by atoms with Gasteiger partial charge in [0.1, 0.15) is 11.5 Å². The zero-order valence-corrected chi connectivity index (χ0v) is 31.4. The summed E-state index contributed by atoms with van der Waals surface area (Å²) < 4.78 is 12.4. The van der Waals surface area contributed by atoms with Gasteiger partial charge in [-0.25, -0.2) is 9.97 Å². The zero-order valence-electron chi connectivity index (χ0n) is 31.4. The maximum Gasteiger partial charge on any atom is 0.123 e. The van der Waals surface area contributed by atoms with Gasteiger partial charge in [-0.05, 0) is 61.4 Å². The highest BCUT2D eigenvalue weighted by Crippen LogP contribution is 2.28. The van der Waals surface area contributed by atoms with Gasteiger partial charge in [0.05, 0.1) is 58.8 Å². The van der Waals surface area contributed by atoms with Crippen LogP contribution in [0.1, 0.15) is 89.9 Å². The van der Waals surface area contributed by atoms with Crippen LogP contribution in [0.5, 0.6) is 11.5 Å². The molecule has 0 aliphatic heterocycles. The molecule has 6 rings (SSSR count). The smallest absolute Gasteiger partial charge is 0.123 e. The Morgan fingerprint density at radius 2 is 0.556 bits per heavy atom. The number of unbranched alkanes of at least 4 members (excludes halogenated alkanes) is 13. The minimum Gasteiger partial charge on any atom is -0.493 e. The third kappa shape index (κ3) is 12.6. The molecule has 54 heavy (non-hydrogen) atoms. The van der Waals surface area contributed by atoms with Crippen LogP contribution in [0, 0.1) is 0 Å². The number of aromatic nitrogens is 6. The predicted molar refractivity (Wildman–Crippen MR) is 217 cm³/mol. The fourth-order valence-electron chi connectivity index (χ4n) is 6.47. The molecular weight excluding hydrogens is 669 g/mol. The predicted octanol–water partition coefficient (Wildman–Crippen LogP) is 11.6. The van der Waals surface area contributed by atoms with Crippen LogP contribution in [0.4, 0.5) is 0 Å². The molecule has 6 aromatic heterocycles. The van der Waals surface area contributed by atoms with E-state index in [1.54, 1.807) is 24.8 Å². The number of hydrogen-bond donors (Lipinski definition) is 0. The molecule has 0 saturated heterocycles. The normalized spacial score (nSPS) is 11.0. The zero-order chi connectivity index (χ0) is 36.9. The van der Waals surface area contributed by atoms with Crippen LogP contribution < -0.4 is 9.47 Å². The van der Waals surface area contributed by atoms with Gasteiger partial charge in [-0.2, -0.15) is 0 Å². The van der Waals surface area contributed by atoms with Crippen molar-refractivity contribution >= 4 is 0 Å². The van der Waals surface area contributed by atoms with Crippen molar-refractivity contribution in [3.63, 3.8) is 0 Å². The second-order valence-electron chi connectivity index (χ2n) is 13.7. The van der Waals surface area contributed by atoms with Crippen molar-refractivity contribution < 1.29 is 9.47 Å². The van der Waals surface area contributed by atoms with E-state index in [1.807, 2.05) is 97.1 Å². The lowest BCUT2D eigenvalue weighted by Gasteiger charge is -2.11. The molecular formula is C46H52N6O2. The van der Waals surface area contributed by atoms with Crippen molar-refractivity contribution in [1.29, 1.82) is 0 Å². The Morgan fingerprint density at radius 1 is 0.296 bits per heavy atom. The lowest BCUT2D eigenvalue weighted by atomic mass is 10.0. The summed E-state index contributed by atoms with van der Waals surface area (Å²) in [5, 5.41) is 0. The molecule has 0 radical (unpaired) electrons. The Kier molecular flexibility index (Phi) is 15.5. The first-order chi connectivity index (χ1) is 26.8. The molecule has 6 heterocycles. The average Bonchev–Trinajstić information content (AvgIpc) is 3.24. The Labute approximate surface area is 320 Å². The third-order valence-electron chi connectivity index (χ3n) is 9.38. The van der Waals surface area contributed by atoms with Crippen molar-refractivity contribution in [3.05, 3.63) is 122 Å². The van der Waals surface area contributed by atoms with E-state index in [2.05, 4.69) is 19.9 Å². The first-order valence-corrected chi connectivity index (χ1v) is 19.8. The Bertz CT molecular complexity index is 1670. The van der Waals surface area contributed by atoms with Crippen LogP contribution >= 0.6 is 0 Å². The summed E-state index contributed by atoms with van der Waals surface area (Å²) in [6, 6.07) is 31.4. The van der Waals surface area contributed by atoms with E-state index in [0.29, 0.717) is 13.2 Å². The van der Waals surface area contributed by atoms with Crippen molar-refractivity contribution in [2.45, 2.75) is 89.9 Å². The van der Waals surface area contributed by atoms with Gasteiger partial charge in [0.15, 0.2) is 0 Å². The molecule has 0 saturated carbocycles. The molecule has 0 amide bonds. The van der Waals surface area contributed by atoms with Gasteiger partial charge in [0.2, 0.25) is 0 Å². The van der Waals surface area contributed by atoms with Crippen molar-refractivity contribution in [1.82, 2.24) is 29.9 Å². The maximum absolute atomic E-state index is 6.20. The standard InChI is InChI=1S/C46H52N6O2/c1(3-5-7-9-11-21-31-53-37-33-43(39-23-13-17-27-47-39)51-44(34-37)40-24-14-18-28-48-40)2-4-6-8-10-12-22-32-54-38-35-45(41-25-15-19-29-49-41)52-46(36-38)42-26-16-20-30-50-42/h13-20,23-30,33-36H,1-12,21-22,31-32H2. The molecule has 0 aliphatic carbocycles. The maximum atomic E-state index is 6.20. The topological polar surface area (TPSA) is 95.8 Å². The third-order valence-corrected chi connectivity index (χ3v) is 9.38. The molecule has 8 nitrogen and oxygen atoms in total. The summed E-state index contributed by atoms with van der Waals surface area (Å²) in [6.45, 7) is 1.40. The van der Waals surface area contributed by atoms with Crippen molar-refractivity contribution in [3.8, 4) is 57.1 Å². The molecule has 0 unspecified atom stereocenters. The van der Waals surface area contributed by atoms with E-state index in [9.17, 15) is 0 Å². The van der Waals surface area contributed by atoms with Crippen LogP contribution in [-0.2, 0) is 0 Å². The van der Waals surface area contributed by atoms with Gasteiger partial charge in [-0.15, -0.1) is 0 Å². The molecule has 8 heteroatoms. The molecule has 0 N–H and O–H groups in total. The second-order valence-corrected chi connectivity index (χ2v) is 13.7. The highest BCUT2D eigenvalue weighted by atomic mass is 16.5. The number of hydrogen-bond acceptors (Lipinski definition) is 8. The fourth-order valence-corrected chi connectivity index (χ4v) is 6.47. The molecule has 0 atom stereocenters. The quantitative estimate of drug-likeness (QED) is 0.0604. The van der Waals surface area contributed by atoms with Gasteiger partial charge >= 0.3 is 0 Å². The van der Waals surface area contributed by atoms with Gasteiger partial charge in [0.25, 0.3) is 0 Å². The summed E-state index contributed by atoms with van der Waals surface area (Å²) in [6.07, 6.45) is 24.8. The molecule has 0 fully saturated rings. The Morgan fingerprint density at radius 3 is 0.796 bits per heavy atom. The van der Waals surface area contributed by atoms with E-state index < -0.39 is 0 Å². The molecule has 0 bridgehead atoms. The van der Waals surface area contributed by atoms with Gasteiger partial charge in [0, 0.05) is 49.1 Å². The van der Waals surface area contributed by atoms with Crippen molar-refractivity contribution in [2.75, 3.05) is 13.2 Å². The van der Waals surface area contributed by atoms with E-state index in [0.717, 1.165) is 69.9 Å². The molecule has 0 aromatic carbocycles. The van der Waals surface area contributed by atoms with E-state index in [1.165, 1.54) is 77.0 Å². The molecule has 6 aromatic rings. The molecule has 278 valence electrons. The minimum atomic E-state index is 0.701. The molecule has 0 aliphatic rings. The van der Waals surface area contributed by atoms with Crippen LogP contribution in [-0.4, -0.2) is 43.1 Å². The number of rotatable bonds is 23. The Balaban J connectivity index is 0.780. The Hall–Kier alpha value is -5.50. The van der Waals surface area contributed by atoms with Gasteiger partial charge in [-0.3, -0.25) is 19.9 Å². The highest BCUT2D eigenvalue weighted by molar-refractivity contribution is 5.65. The highest BCUT2D eigenvalue weighted by Gasteiger charge is 2.11. The fraction of sp³-hybridized carbons (Fsp3) is 0.348. The lowest BCUT2D eigenvalue weighted by molar-refractivity contribution is 0.304. The summed E-state index contributed by atoms with van der Waals surface area (Å²) in [4.78, 5) is 27.6. The monoisotopic (exact) mass is 720 g/mol. The number of nitrogens with zero attached hydrogens (tertiary/aromatic N) is 6. The number of pyridine rings is 6. The largest absolute Gasteiger partial charge is 0.493 e. The first-order valence-electron chi connectivity index (χ1n) is 19.8. The SMILES string of the molecule is c1ccc(-c2cc(OCCCCCCCCCCCCCCCCOc3cc(-c4ccccn4)nc(-c4ccccn4)c3)cc(-c3ccccn3)n2)nc1. The first kappa shape index (κ1) is 38.2. The molecule has 0 spiro atoms.